The fourth-order valence-electron chi connectivity index (χ4n) is 1.09. The van der Waals surface area contributed by atoms with Crippen molar-refractivity contribution in [2.75, 3.05) is 0 Å². The largest absolute Gasteiger partial charge is 0.389 e. The highest BCUT2D eigenvalue weighted by Gasteiger charge is 2.21. The van der Waals surface area contributed by atoms with Crippen LogP contribution >= 0.6 is 43.2 Å². The number of hydrogen-bond acceptors (Lipinski definition) is 3. The Balaban J connectivity index is 3.38. The summed E-state index contributed by atoms with van der Waals surface area (Å²) in [6.45, 7) is 3.14. The Morgan fingerprint density at radius 1 is 1.46 bits per heavy atom. The van der Waals surface area contributed by atoms with E-state index in [2.05, 4.69) is 31.9 Å². The van der Waals surface area contributed by atoms with Gasteiger partial charge >= 0.3 is 0 Å². The zero-order chi connectivity index (χ0) is 10.2. The second-order valence-electron chi connectivity index (χ2n) is 2.67. The Morgan fingerprint density at radius 3 is 2.31 bits per heavy atom. The summed E-state index contributed by atoms with van der Waals surface area (Å²) in [4.78, 5) is 11.2. The first kappa shape index (κ1) is 11.4. The molecule has 0 aliphatic heterocycles. The molecule has 13 heavy (non-hydrogen) atoms. The maximum atomic E-state index is 11.2. The SMILES string of the molecule is CC(=O)c1c(Br)sc(Br)c1C(C)O. The van der Waals surface area contributed by atoms with E-state index < -0.39 is 6.10 Å². The summed E-state index contributed by atoms with van der Waals surface area (Å²) >= 11 is 8.01. The molecular weight excluding hydrogens is 320 g/mol. The zero-order valence-electron chi connectivity index (χ0n) is 7.10. The van der Waals surface area contributed by atoms with Gasteiger partial charge in [-0.1, -0.05) is 0 Å². The van der Waals surface area contributed by atoms with E-state index in [4.69, 9.17) is 0 Å². The van der Waals surface area contributed by atoms with Gasteiger partial charge in [-0.2, -0.15) is 0 Å². The number of carbonyl (C=O) groups is 1. The summed E-state index contributed by atoms with van der Waals surface area (Å²) in [6.07, 6.45) is -0.629. The van der Waals surface area contributed by atoms with Crippen molar-refractivity contribution < 1.29 is 9.90 Å². The third-order valence-electron chi connectivity index (χ3n) is 1.63. The van der Waals surface area contributed by atoms with Crippen LogP contribution in [0.1, 0.15) is 35.9 Å². The van der Waals surface area contributed by atoms with Gasteiger partial charge in [-0.05, 0) is 45.7 Å². The smallest absolute Gasteiger partial charge is 0.162 e. The first-order valence-electron chi connectivity index (χ1n) is 3.61. The van der Waals surface area contributed by atoms with Crippen molar-refractivity contribution in [3.63, 3.8) is 0 Å². The molecule has 1 aromatic rings. The highest BCUT2D eigenvalue weighted by atomic mass is 79.9. The van der Waals surface area contributed by atoms with E-state index >= 15 is 0 Å². The van der Waals surface area contributed by atoms with Crippen LogP contribution < -0.4 is 0 Å². The monoisotopic (exact) mass is 326 g/mol. The normalized spacial score (nSPS) is 13.0. The Kier molecular flexibility index (Phi) is 3.68. The Bertz CT molecular complexity index is 344. The molecule has 2 nitrogen and oxygen atoms in total. The van der Waals surface area contributed by atoms with Crippen LogP contribution in [0.2, 0.25) is 0 Å². The number of aliphatic hydroxyl groups is 1. The van der Waals surface area contributed by atoms with Crippen molar-refractivity contribution in [3.8, 4) is 0 Å². The van der Waals surface area contributed by atoms with E-state index in [1.165, 1.54) is 18.3 Å². The number of Topliss-reactive ketones (excluding diaryl/α,β-unsaturated/α-hetero) is 1. The highest BCUT2D eigenvalue weighted by molar-refractivity contribution is 9.12. The summed E-state index contributed by atoms with van der Waals surface area (Å²) in [5.41, 5.74) is 1.25. The molecule has 0 spiro atoms. The molecular formula is C8H8Br2O2S. The summed E-state index contributed by atoms with van der Waals surface area (Å²) in [5.74, 6) is -0.0373. The third kappa shape index (κ3) is 2.21. The number of carbonyl (C=O) groups excluding carboxylic acids is 1. The Hall–Kier alpha value is 0.290. The molecule has 0 saturated carbocycles. The number of hydrogen-bond donors (Lipinski definition) is 1. The predicted molar refractivity (Wildman–Crippen MR) is 60.4 cm³/mol. The summed E-state index contributed by atoms with van der Waals surface area (Å²) in [7, 11) is 0. The zero-order valence-corrected chi connectivity index (χ0v) is 11.1. The van der Waals surface area contributed by atoms with Gasteiger partial charge in [0.2, 0.25) is 0 Å². The maximum absolute atomic E-state index is 11.2. The van der Waals surface area contributed by atoms with E-state index in [0.717, 1.165) is 7.57 Å². The van der Waals surface area contributed by atoms with Crippen LogP contribution in [0.5, 0.6) is 0 Å². The van der Waals surface area contributed by atoms with Crippen LogP contribution in [0.25, 0.3) is 0 Å². The minimum absolute atomic E-state index is 0.0373. The molecule has 1 N–H and O–H groups in total. The number of thiophene rings is 1. The van der Waals surface area contributed by atoms with Crippen LogP contribution in [0.3, 0.4) is 0 Å². The number of aliphatic hydroxyl groups excluding tert-OH is 1. The highest BCUT2D eigenvalue weighted by Crippen LogP contribution is 2.40. The lowest BCUT2D eigenvalue weighted by molar-refractivity contribution is 0.101. The van der Waals surface area contributed by atoms with Gasteiger partial charge in [0, 0.05) is 11.1 Å². The van der Waals surface area contributed by atoms with Gasteiger partial charge < -0.3 is 5.11 Å². The van der Waals surface area contributed by atoms with E-state index in [9.17, 15) is 9.90 Å². The lowest BCUT2D eigenvalue weighted by atomic mass is 10.1. The van der Waals surface area contributed by atoms with Crippen molar-refractivity contribution in [2.45, 2.75) is 20.0 Å². The Labute approximate surface area is 97.2 Å². The topological polar surface area (TPSA) is 37.3 Å². The first-order valence-corrected chi connectivity index (χ1v) is 6.02. The summed E-state index contributed by atoms with van der Waals surface area (Å²) in [5, 5.41) is 9.45. The first-order chi connectivity index (χ1) is 5.95. The van der Waals surface area contributed by atoms with Crippen LogP contribution in [0.15, 0.2) is 7.57 Å². The molecule has 5 heteroatoms. The summed E-state index contributed by atoms with van der Waals surface area (Å²) < 4.78 is 1.57. The van der Waals surface area contributed by atoms with Crippen molar-refractivity contribution in [1.29, 1.82) is 0 Å². The lowest BCUT2D eigenvalue weighted by Gasteiger charge is -2.05. The molecule has 0 radical (unpaired) electrons. The van der Waals surface area contributed by atoms with Crippen LogP contribution in [-0.4, -0.2) is 10.9 Å². The molecule has 1 rings (SSSR count). The van der Waals surface area contributed by atoms with Crippen molar-refractivity contribution in [3.05, 3.63) is 18.7 Å². The van der Waals surface area contributed by atoms with E-state index in [1.807, 2.05) is 0 Å². The molecule has 0 amide bonds. The van der Waals surface area contributed by atoms with Gasteiger partial charge in [0.1, 0.15) is 0 Å². The molecule has 1 atom stereocenters. The average Bonchev–Trinajstić information content (AvgIpc) is 2.24. The fraction of sp³-hybridized carbons (Fsp3) is 0.375. The van der Waals surface area contributed by atoms with E-state index in [1.54, 1.807) is 6.92 Å². The number of rotatable bonds is 2. The van der Waals surface area contributed by atoms with E-state index in [0.29, 0.717) is 11.1 Å². The number of ketones is 1. The fourth-order valence-corrected chi connectivity index (χ4v) is 4.63. The summed E-state index contributed by atoms with van der Waals surface area (Å²) in [6, 6.07) is 0. The molecule has 0 aliphatic rings. The molecule has 0 fully saturated rings. The van der Waals surface area contributed by atoms with Crippen LogP contribution in [0, 0.1) is 0 Å². The maximum Gasteiger partial charge on any atom is 0.162 e. The van der Waals surface area contributed by atoms with Gasteiger partial charge in [-0.15, -0.1) is 11.3 Å². The molecule has 72 valence electrons. The Morgan fingerprint density at radius 2 is 2.00 bits per heavy atom. The average molecular weight is 328 g/mol. The van der Waals surface area contributed by atoms with Gasteiger partial charge in [0.25, 0.3) is 0 Å². The van der Waals surface area contributed by atoms with Gasteiger partial charge in [0.05, 0.1) is 13.7 Å². The lowest BCUT2D eigenvalue weighted by Crippen LogP contribution is -2.00. The molecule has 0 aromatic carbocycles. The quantitative estimate of drug-likeness (QED) is 0.844. The third-order valence-corrected chi connectivity index (χ3v) is 4.20. The van der Waals surface area contributed by atoms with Gasteiger partial charge in [0.15, 0.2) is 5.78 Å². The minimum atomic E-state index is -0.629. The second-order valence-corrected chi connectivity index (χ2v) is 6.33. The minimum Gasteiger partial charge on any atom is -0.389 e. The second kappa shape index (κ2) is 4.21. The van der Waals surface area contributed by atoms with Gasteiger partial charge in [-0.3, -0.25) is 4.79 Å². The number of halogens is 2. The van der Waals surface area contributed by atoms with Crippen molar-refractivity contribution >= 4 is 49.0 Å². The van der Waals surface area contributed by atoms with E-state index in [-0.39, 0.29) is 5.78 Å². The van der Waals surface area contributed by atoms with Crippen LogP contribution in [0.4, 0.5) is 0 Å². The standard InChI is InChI=1S/C8H8Br2O2S/c1-3(11)5-6(4(2)12)8(10)13-7(5)9/h3,11H,1-2H3. The van der Waals surface area contributed by atoms with Crippen LogP contribution in [-0.2, 0) is 0 Å². The van der Waals surface area contributed by atoms with Crippen molar-refractivity contribution in [2.24, 2.45) is 0 Å². The molecule has 0 saturated heterocycles. The van der Waals surface area contributed by atoms with Gasteiger partial charge in [-0.25, -0.2) is 0 Å². The molecule has 0 aliphatic carbocycles. The molecule has 1 aromatic heterocycles. The van der Waals surface area contributed by atoms with Crippen molar-refractivity contribution in [1.82, 2.24) is 0 Å². The predicted octanol–water partition coefficient (Wildman–Crippen LogP) is 3.53. The molecule has 1 heterocycles. The molecule has 0 bridgehead atoms. The molecule has 1 unspecified atom stereocenters.